The minimum Gasteiger partial charge on any atom is -0.497 e. The van der Waals surface area contributed by atoms with E-state index in [0.717, 1.165) is 16.5 Å². The molecule has 0 fully saturated rings. The first-order chi connectivity index (χ1) is 10.8. The molecule has 5 nitrogen and oxygen atoms in total. The molecule has 110 valence electrons. The number of benzene rings is 1. The van der Waals surface area contributed by atoms with Crippen LogP contribution < -0.4 is 10.1 Å². The second-order valence-electron chi connectivity index (χ2n) is 4.79. The summed E-state index contributed by atoms with van der Waals surface area (Å²) < 4.78 is 5.22. The number of amides is 1. The van der Waals surface area contributed by atoms with Gasteiger partial charge in [0.15, 0.2) is 0 Å². The number of ether oxygens (including phenoxy) is 1. The molecule has 0 radical (unpaired) electrons. The van der Waals surface area contributed by atoms with Gasteiger partial charge in [-0.3, -0.25) is 14.8 Å². The van der Waals surface area contributed by atoms with Crippen LogP contribution in [0.4, 0.5) is 0 Å². The summed E-state index contributed by atoms with van der Waals surface area (Å²) >= 11 is 0. The highest BCUT2D eigenvalue weighted by atomic mass is 16.5. The van der Waals surface area contributed by atoms with Gasteiger partial charge in [-0.25, -0.2) is 0 Å². The lowest BCUT2D eigenvalue weighted by Gasteiger charge is -2.09. The molecular formula is C17H15N3O2. The fourth-order valence-electron chi connectivity index (χ4n) is 2.23. The molecular weight excluding hydrogens is 278 g/mol. The first-order valence-electron chi connectivity index (χ1n) is 6.88. The number of hydrogen-bond acceptors (Lipinski definition) is 4. The van der Waals surface area contributed by atoms with E-state index in [4.69, 9.17) is 4.74 Å². The van der Waals surface area contributed by atoms with Gasteiger partial charge >= 0.3 is 0 Å². The molecule has 1 aromatic carbocycles. The molecule has 0 atom stereocenters. The van der Waals surface area contributed by atoms with Crippen LogP contribution in [0.15, 0.2) is 55.0 Å². The maximum atomic E-state index is 12.4. The maximum absolute atomic E-state index is 12.4. The molecule has 0 saturated carbocycles. The molecule has 5 heteroatoms. The molecule has 0 aliphatic carbocycles. The lowest BCUT2D eigenvalue weighted by atomic mass is 10.1. The van der Waals surface area contributed by atoms with E-state index in [0.29, 0.717) is 17.9 Å². The summed E-state index contributed by atoms with van der Waals surface area (Å²) in [5, 5.41) is 3.67. The fourth-order valence-corrected chi connectivity index (χ4v) is 2.23. The van der Waals surface area contributed by atoms with Gasteiger partial charge in [0, 0.05) is 30.5 Å². The van der Waals surface area contributed by atoms with E-state index in [2.05, 4.69) is 15.3 Å². The average Bonchev–Trinajstić information content (AvgIpc) is 2.59. The number of methoxy groups -OCH3 is 1. The number of hydrogen-bond donors (Lipinski definition) is 1. The van der Waals surface area contributed by atoms with Crippen molar-refractivity contribution in [1.29, 1.82) is 0 Å². The molecule has 1 amide bonds. The van der Waals surface area contributed by atoms with Crippen LogP contribution >= 0.6 is 0 Å². The maximum Gasteiger partial charge on any atom is 0.252 e. The van der Waals surface area contributed by atoms with E-state index in [1.165, 1.54) is 0 Å². The third-order valence-electron chi connectivity index (χ3n) is 3.37. The zero-order valence-electron chi connectivity index (χ0n) is 12.1. The predicted octanol–water partition coefficient (Wildman–Crippen LogP) is 2.57. The third kappa shape index (κ3) is 2.88. The van der Waals surface area contributed by atoms with Crippen molar-refractivity contribution in [2.45, 2.75) is 6.54 Å². The first-order valence-corrected chi connectivity index (χ1v) is 6.88. The van der Waals surface area contributed by atoms with Gasteiger partial charge in [-0.2, -0.15) is 0 Å². The summed E-state index contributed by atoms with van der Waals surface area (Å²) in [4.78, 5) is 20.7. The van der Waals surface area contributed by atoms with Gasteiger partial charge in [-0.15, -0.1) is 0 Å². The summed E-state index contributed by atoms with van der Waals surface area (Å²) in [6.45, 7) is 0.431. The van der Waals surface area contributed by atoms with Gasteiger partial charge in [0.2, 0.25) is 0 Å². The summed E-state index contributed by atoms with van der Waals surface area (Å²) in [7, 11) is 1.60. The van der Waals surface area contributed by atoms with E-state index < -0.39 is 0 Å². The van der Waals surface area contributed by atoms with Crippen molar-refractivity contribution in [2.75, 3.05) is 7.11 Å². The van der Waals surface area contributed by atoms with Crippen molar-refractivity contribution in [3.05, 3.63) is 66.1 Å². The Morgan fingerprint density at radius 1 is 1.23 bits per heavy atom. The van der Waals surface area contributed by atoms with Gasteiger partial charge in [0.25, 0.3) is 5.91 Å². The van der Waals surface area contributed by atoms with Crippen molar-refractivity contribution >= 4 is 16.8 Å². The normalized spacial score (nSPS) is 10.4. The van der Waals surface area contributed by atoms with Crippen LogP contribution in [0, 0.1) is 0 Å². The Hall–Kier alpha value is -2.95. The average molecular weight is 293 g/mol. The highest BCUT2D eigenvalue weighted by molar-refractivity contribution is 6.06. The Morgan fingerprint density at radius 3 is 2.91 bits per heavy atom. The highest BCUT2D eigenvalue weighted by Crippen LogP contribution is 2.22. The van der Waals surface area contributed by atoms with Gasteiger partial charge in [0.1, 0.15) is 5.75 Å². The van der Waals surface area contributed by atoms with Crippen LogP contribution in [0.3, 0.4) is 0 Å². The standard InChI is InChI=1S/C17H15N3O2/c1-22-13-4-5-16-15(9-13)14(6-8-19-16)17(21)20-11-12-3-2-7-18-10-12/h2-10H,11H2,1H3,(H,20,21). The number of carbonyl (C=O) groups excluding carboxylic acids is 1. The Morgan fingerprint density at radius 2 is 2.14 bits per heavy atom. The number of aromatic nitrogens is 2. The van der Waals surface area contributed by atoms with Crippen LogP contribution in [-0.4, -0.2) is 23.0 Å². The summed E-state index contributed by atoms with van der Waals surface area (Å²) in [5.41, 5.74) is 2.29. The van der Waals surface area contributed by atoms with Crippen LogP contribution in [0.25, 0.3) is 10.9 Å². The zero-order valence-corrected chi connectivity index (χ0v) is 12.1. The number of nitrogens with one attached hydrogen (secondary N) is 1. The van der Waals surface area contributed by atoms with Gasteiger partial charge in [-0.05, 0) is 35.9 Å². The molecule has 2 heterocycles. The Labute approximate surface area is 128 Å². The molecule has 0 aliphatic heterocycles. The molecule has 0 bridgehead atoms. The summed E-state index contributed by atoms with van der Waals surface area (Å²) in [6.07, 6.45) is 5.07. The van der Waals surface area contributed by atoms with Gasteiger partial charge in [-0.1, -0.05) is 6.07 Å². The smallest absolute Gasteiger partial charge is 0.252 e. The van der Waals surface area contributed by atoms with Gasteiger partial charge in [0.05, 0.1) is 18.2 Å². The molecule has 3 aromatic rings. The van der Waals surface area contributed by atoms with Crippen LogP contribution in [-0.2, 0) is 6.54 Å². The van der Waals surface area contributed by atoms with Crippen molar-refractivity contribution in [1.82, 2.24) is 15.3 Å². The number of fused-ring (bicyclic) bond motifs is 1. The molecule has 0 saturated heterocycles. The second kappa shape index (κ2) is 6.22. The highest BCUT2D eigenvalue weighted by Gasteiger charge is 2.11. The minimum absolute atomic E-state index is 0.149. The lowest BCUT2D eigenvalue weighted by molar-refractivity contribution is 0.0952. The summed E-state index contributed by atoms with van der Waals surface area (Å²) in [5.74, 6) is 0.548. The SMILES string of the molecule is COc1ccc2nccc(C(=O)NCc3cccnc3)c2c1. The van der Waals surface area contributed by atoms with Crippen LogP contribution in [0.2, 0.25) is 0 Å². The van der Waals surface area contributed by atoms with Crippen molar-refractivity contribution in [3.63, 3.8) is 0 Å². The number of carbonyl (C=O) groups is 1. The van der Waals surface area contributed by atoms with E-state index in [9.17, 15) is 4.79 Å². The van der Waals surface area contributed by atoms with Gasteiger partial charge < -0.3 is 10.1 Å². The number of rotatable bonds is 4. The monoisotopic (exact) mass is 293 g/mol. The molecule has 1 N–H and O–H groups in total. The number of nitrogens with zero attached hydrogens (tertiary/aromatic N) is 2. The Balaban J connectivity index is 1.87. The predicted molar refractivity (Wildman–Crippen MR) is 83.7 cm³/mol. The quantitative estimate of drug-likeness (QED) is 0.803. The van der Waals surface area contributed by atoms with E-state index in [-0.39, 0.29) is 5.91 Å². The molecule has 22 heavy (non-hydrogen) atoms. The fraction of sp³-hybridized carbons (Fsp3) is 0.118. The molecule has 3 rings (SSSR count). The Bertz CT molecular complexity index is 803. The molecule has 0 aliphatic rings. The van der Waals surface area contributed by atoms with Crippen molar-refractivity contribution in [3.8, 4) is 5.75 Å². The zero-order chi connectivity index (χ0) is 15.4. The van der Waals surface area contributed by atoms with Crippen LogP contribution in [0.1, 0.15) is 15.9 Å². The van der Waals surface area contributed by atoms with Crippen molar-refractivity contribution in [2.24, 2.45) is 0 Å². The Kier molecular flexibility index (Phi) is 3.96. The lowest BCUT2D eigenvalue weighted by Crippen LogP contribution is -2.23. The third-order valence-corrected chi connectivity index (χ3v) is 3.37. The first kappa shape index (κ1) is 14.0. The summed E-state index contributed by atoms with van der Waals surface area (Å²) in [6, 6.07) is 11.0. The van der Waals surface area contributed by atoms with E-state index >= 15 is 0 Å². The van der Waals surface area contributed by atoms with E-state index in [1.807, 2.05) is 30.3 Å². The molecule has 2 aromatic heterocycles. The second-order valence-corrected chi connectivity index (χ2v) is 4.79. The van der Waals surface area contributed by atoms with Crippen molar-refractivity contribution < 1.29 is 9.53 Å². The topological polar surface area (TPSA) is 64.1 Å². The van der Waals surface area contributed by atoms with E-state index in [1.54, 1.807) is 31.8 Å². The largest absolute Gasteiger partial charge is 0.497 e. The number of pyridine rings is 2. The minimum atomic E-state index is -0.149. The molecule has 0 spiro atoms. The molecule has 0 unspecified atom stereocenters. The van der Waals surface area contributed by atoms with Crippen LogP contribution in [0.5, 0.6) is 5.75 Å².